The number of hydrogen-bond acceptors (Lipinski definition) is 10. The zero-order valence-electron chi connectivity index (χ0n) is 31.4. The Labute approximate surface area is 293 Å². The Kier molecular flexibility index (Phi) is 9.64. The average molecular weight is 695 g/mol. The highest BCUT2D eigenvalue weighted by Crippen LogP contribution is 2.40. The first-order valence-electron chi connectivity index (χ1n) is 17.3. The number of amides is 2. The van der Waals surface area contributed by atoms with Gasteiger partial charge in [0, 0.05) is 13.1 Å². The molecule has 0 aliphatic carbocycles. The van der Waals surface area contributed by atoms with Crippen molar-refractivity contribution in [3.63, 3.8) is 0 Å². The highest BCUT2D eigenvalue weighted by Gasteiger charge is 2.53. The molecule has 5 rings (SSSR count). The fourth-order valence-electron chi connectivity index (χ4n) is 5.84. The summed E-state index contributed by atoms with van der Waals surface area (Å²) in [5, 5.41) is 14.7. The number of carbonyl (C=O) groups is 2. The third kappa shape index (κ3) is 7.70. The quantitative estimate of drug-likeness (QED) is 0.316. The molecule has 0 atom stereocenters. The Morgan fingerprint density at radius 1 is 1.02 bits per heavy atom. The van der Waals surface area contributed by atoms with E-state index in [9.17, 15) is 14.7 Å². The number of imide groups is 1. The number of nitrogens with zero attached hydrogens (tertiary/aromatic N) is 3. The largest absolute Gasteiger partial charge is 0.495 e. The van der Waals surface area contributed by atoms with Gasteiger partial charge in [-0.05, 0) is 109 Å². The van der Waals surface area contributed by atoms with E-state index in [0.29, 0.717) is 60.6 Å². The zero-order chi connectivity index (χ0) is 36.4. The van der Waals surface area contributed by atoms with Crippen LogP contribution in [-0.2, 0) is 25.0 Å². The standard InChI is InChI=1S/C36H55BN4O7Si/c1-32(2,3)46-31(43)41-22-25-26(37-47-34(7,8)35(9,10)48-37)14-15-27(29(25)30(41)42)39-28-16-13-24(21-38-28)40-19-17-36(44,18-20-40)23-45-49(11,12)33(4,5)6/h13-16,21,44H,17-20,22-23H2,1-12H3,(H,38,39). The Balaban J connectivity index is 1.32. The summed E-state index contributed by atoms with van der Waals surface area (Å²) in [4.78, 5) is 35.0. The second-order valence-electron chi connectivity index (χ2n) is 17.3. The van der Waals surface area contributed by atoms with Crippen molar-refractivity contribution in [3.8, 4) is 0 Å². The van der Waals surface area contributed by atoms with E-state index in [1.807, 2.05) is 52.0 Å². The third-order valence-corrected chi connectivity index (χ3v) is 15.3. The summed E-state index contributed by atoms with van der Waals surface area (Å²) in [6, 6.07) is 7.55. The van der Waals surface area contributed by atoms with Crippen LogP contribution in [0.25, 0.3) is 0 Å². The Bertz CT molecular complexity index is 1560. The molecule has 2 N–H and O–H groups in total. The molecule has 1 aromatic carbocycles. The number of fused-ring (bicyclic) bond motifs is 1. The van der Waals surface area contributed by atoms with Crippen LogP contribution in [0.4, 0.5) is 22.0 Å². The summed E-state index contributed by atoms with van der Waals surface area (Å²) in [6.45, 7) is 26.0. The summed E-state index contributed by atoms with van der Waals surface area (Å²) < 4.78 is 24.6. The van der Waals surface area contributed by atoms with Crippen LogP contribution in [0.5, 0.6) is 0 Å². The zero-order valence-corrected chi connectivity index (χ0v) is 32.4. The first-order valence-corrected chi connectivity index (χ1v) is 20.2. The molecule has 2 aromatic rings. The first kappa shape index (κ1) is 37.3. The van der Waals surface area contributed by atoms with Crippen LogP contribution in [0.3, 0.4) is 0 Å². The first-order chi connectivity index (χ1) is 22.4. The summed E-state index contributed by atoms with van der Waals surface area (Å²) >= 11 is 0. The van der Waals surface area contributed by atoms with Crippen LogP contribution in [0, 0.1) is 0 Å². The third-order valence-electron chi connectivity index (χ3n) is 10.8. The molecule has 11 nitrogen and oxygen atoms in total. The van der Waals surface area contributed by atoms with Gasteiger partial charge in [-0.3, -0.25) is 4.79 Å². The Morgan fingerprint density at radius 2 is 1.63 bits per heavy atom. The van der Waals surface area contributed by atoms with Crippen molar-refractivity contribution in [2.24, 2.45) is 0 Å². The number of aromatic nitrogens is 1. The smallest absolute Gasteiger partial charge is 0.443 e. The minimum absolute atomic E-state index is 0.0343. The number of benzene rings is 1. The number of hydrogen-bond donors (Lipinski definition) is 2. The van der Waals surface area contributed by atoms with E-state index < -0.39 is 49.8 Å². The monoisotopic (exact) mass is 694 g/mol. The number of nitrogens with one attached hydrogen (secondary N) is 1. The highest BCUT2D eigenvalue weighted by molar-refractivity contribution is 6.74. The lowest BCUT2D eigenvalue weighted by atomic mass is 9.74. The normalized spacial score (nSPS) is 20.4. The molecule has 0 unspecified atom stereocenters. The maximum atomic E-state index is 13.9. The topological polar surface area (TPSA) is 123 Å². The lowest BCUT2D eigenvalue weighted by Gasteiger charge is -2.43. The average Bonchev–Trinajstić information content (AvgIpc) is 3.43. The molecular formula is C36H55BN4O7Si. The number of pyridine rings is 1. The molecule has 268 valence electrons. The van der Waals surface area contributed by atoms with Crippen molar-refractivity contribution in [1.82, 2.24) is 9.88 Å². The van der Waals surface area contributed by atoms with Gasteiger partial charge in [0.2, 0.25) is 0 Å². The molecule has 49 heavy (non-hydrogen) atoms. The minimum Gasteiger partial charge on any atom is -0.443 e. The van der Waals surface area contributed by atoms with Crippen molar-refractivity contribution in [1.29, 1.82) is 0 Å². The summed E-state index contributed by atoms with van der Waals surface area (Å²) in [7, 11) is -2.67. The van der Waals surface area contributed by atoms with E-state index in [0.717, 1.165) is 10.6 Å². The van der Waals surface area contributed by atoms with E-state index in [4.69, 9.17) is 18.5 Å². The molecule has 13 heteroatoms. The van der Waals surface area contributed by atoms with Gasteiger partial charge in [0.05, 0.1) is 53.1 Å². The SMILES string of the molecule is CC(C)(C)OC(=O)N1Cc2c(B3OC(C)(C)C(C)(C)O3)ccc(Nc3ccc(N4CCC(O)(CO[Si](C)(C)C(C)(C)C)CC4)cn3)c2C1=O. The Morgan fingerprint density at radius 3 is 2.16 bits per heavy atom. The molecule has 2 saturated heterocycles. The van der Waals surface area contributed by atoms with Gasteiger partial charge in [0.15, 0.2) is 8.32 Å². The van der Waals surface area contributed by atoms with Crippen molar-refractivity contribution in [3.05, 3.63) is 41.6 Å². The van der Waals surface area contributed by atoms with Gasteiger partial charge >= 0.3 is 13.2 Å². The van der Waals surface area contributed by atoms with Gasteiger partial charge in [0.25, 0.3) is 5.91 Å². The molecule has 2 amide bonds. The van der Waals surface area contributed by atoms with E-state index in [1.54, 1.807) is 27.0 Å². The van der Waals surface area contributed by atoms with E-state index >= 15 is 0 Å². The van der Waals surface area contributed by atoms with E-state index in [1.165, 1.54) is 0 Å². The second-order valence-corrected chi connectivity index (χ2v) is 22.1. The van der Waals surface area contributed by atoms with Crippen molar-refractivity contribution in [2.75, 3.05) is 29.9 Å². The number of ether oxygens (including phenoxy) is 1. The molecule has 0 bridgehead atoms. The summed E-state index contributed by atoms with van der Waals surface area (Å²) in [5.74, 6) is 0.0919. The van der Waals surface area contributed by atoms with Crippen LogP contribution in [-0.4, -0.2) is 84.5 Å². The lowest BCUT2D eigenvalue weighted by molar-refractivity contribution is -0.0282. The molecule has 0 spiro atoms. The fraction of sp³-hybridized carbons (Fsp3) is 0.639. The van der Waals surface area contributed by atoms with Crippen LogP contribution in [0.1, 0.15) is 98.0 Å². The van der Waals surface area contributed by atoms with Crippen molar-refractivity contribution in [2.45, 2.75) is 129 Å². The summed E-state index contributed by atoms with van der Waals surface area (Å²) in [5.41, 5.74) is 0.419. The highest BCUT2D eigenvalue weighted by atomic mass is 28.4. The maximum absolute atomic E-state index is 13.9. The molecule has 4 heterocycles. The van der Waals surface area contributed by atoms with Gasteiger partial charge in [-0.25, -0.2) is 14.7 Å². The van der Waals surface area contributed by atoms with Gasteiger partial charge in [0.1, 0.15) is 11.4 Å². The van der Waals surface area contributed by atoms with Gasteiger partial charge in [-0.15, -0.1) is 0 Å². The number of rotatable bonds is 7. The van der Waals surface area contributed by atoms with E-state index in [2.05, 4.69) is 49.1 Å². The predicted octanol–water partition coefficient (Wildman–Crippen LogP) is 6.37. The second kappa shape index (κ2) is 12.7. The number of carbonyl (C=O) groups excluding carboxylic acids is 2. The van der Waals surface area contributed by atoms with Crippen LogP contribution >= 0.6 is 0 Å². The maximum Gasteiger partial charge on any atom is 0.495 e. The molecular weight excluding hydrogens is 639 g/mol. The van der Waals surface area contributed by atoms with Crippen LogP contribution in [0.2, 0.25) is 18.1 Å². The predicted molar refractivity (Wildman–Crippen MR) is 195 cm³/mol. The number of piperidine rings is 1. The van der Waals surface area contributed by atoms with Gasteiger partial charge in [-0.2, -0.15) is 0 Å². The molecule has 0 saturated carbocycles. The van der Waals surface area contributed by atoms with Crippen LogP contribution < -0.4 is 15.7 Å². The number of aliphatic hydroxyl groups is 1. The molecule has 3 aliphatic heterocycles. The summed E-state index contributed by atoms with van der Waals surface area (Å²) in [6.07, 6.45) is 2.31. The molecule has 0 radical (unpaired) electrons. The minimum atomic E-state index is -1.96. The Hall–Kier alpha value is -2.97. The van der Waals surface area contributed by atoms with E-state index in [-0.39, 0.29) is 11.6 Å². The fourth-order valence-corrected chi connectivity index (χ4v) is 6.91. The molecule has 1 aromatic heterocycles. The number of anilines is 3. The van der Waals surface area contributed by atoms with Crippen molar-refractivity contribution >= 4 is 50.1 Å². The molecule has 2 fully saturated rings. The van der Waals surface area contributed by atoms with Gasteiger partial charge < -0.3 is 33.8 Å². The molecule has 3 aliphatic rings. The van der Waals surface area contributed by atoms with Crippen molar-refractivity contribution < 1.29 is 33.2 Å². The van der Waals surface area contributed by atoms with Gasteiger partial charge in [-0.1, -0.05) is 26.8 Å². The lowest BCUT2D eigenvalue weighted by Crippen LogP contribution is -2.51. The van der Waals surface area contributed by atoms with Crippen LogP contribution in [0.15, 0.2) is 30.5 Å².